The summed E-state index contributed by atoms with van der Waals surface area (Å²) in [4.78, 5) is 20.1. The van der Waals surface area contributed by atoms with Crippen molar-refractivity contribution in [3.63, 3.8) is 0 Å². The van der Waals surface area contributed by atoms with E-state index in [1.807, 2.05) is 0 Å². The zero-order chi connectivity index (χ0) is 36.2. The highest BCUT2D eigenvalue weighted by Crippen LogP contribution is 2.37. The monoisotopic (exact) mass is 710 g/mol. The Morgan fingerprint density at radius 2 is 1.41 bits per heavy atom. The average Bonchev–Trinajstić information content (AvgIpc) is 3.01. The highest BCUT2D eigenvalue weighted by Gasteiger charge is 2.37. The maximum absolute atomic E-state index is 13.8. The first-order chi connectivity index (χ1) is 23.0. The van der Waals surface area contributed by atoms with E-state index in [1.54, 1.807) is 0 Å². The van der Waals surface area contributed by atoms with E-state index >= 15 is 0 Å². The van der Waals surface area contributed by atoms with Gasteiger partial charge in [-0.1, -0.05) is 12.5 Å². The third-order valence-corrected chi connectivity index (χ3v) is 7.18. The number of aromatic nitrogens is 2. The van der Waals surface area contributed by atoms with Gasteiger partial charge < -0.3 is 24.8 Å². The zero-order valence-electron chi connectivity index (χ0n) is 26.3. The van der Waals surface area contributed by atoms with E-state index in [0.29, 0.717) is 50.0 Å². The number of unbranched alkanes of at least 4 members (excludes halogenated alkanes) is 2. The number of hydrogen-bond acceptors (Lipinski definition) is 7. The van der Waals surface area contributed by atoms with Crippen LogP contribution in [0.15, 0.2) is 48.8 Å². The first-order valence-corrected chi connectivity index (χ1v) is 15.1. The van der Waals surface area contributed by atoms with Crippen LogP contribution in [0.3, 0.4) is 0 Å². The molecule has 1 aromatic heterocycles. The van der Waals surface area contributed by atoms with Crippen molar-refractivity contribution in [2.24, 2.45) is 0 Å². The summed E-state index contributed by atoms with van der Waals surface area (Å²) in [5.41, 5.74) is -3.98. The van der Waals surface area contributed by atoms with E-state index in [2.05, 4.69) is 15.3 Å². The van der Waals surface area contributed by atoms with Crippen LogP contribution >= 0.6 is 0 Å². The van der Waals surface area contributed by atoms with Crippen molar-refractivity contribution in [2.75, 3.05) is 38.3 Å². The number of ether oxygens (including phenoxy) is 2. The van der Waals surface area contributed by atoms with Gasteiger partial charge in [0.2, 0.25) is 5.95 Å². The fourth-order valence-corrected chi connectivity index (χ4v) is 4.77. The highest BCUT2D eigenvalue weighted by atomic mass is 19.4. The third kappa shape index (κ3) is 13.0. The second-order valence-electron chi connectivity index (χ2n) is 11.0. The average molecular weight is 711 g/mol. The number of methoxy groups -OCH3 is 1. The van der Waals surface area contributed by atoms with E-state index in [9.17, 15) is 44.3 Å². The molecule has 0 bridgehead atoms. The number of anilines is 1. The number of hydrogen-bond donors (Lipinski definition) is 2. The molecule has 0 saturated carbocycles. The number of nitrogens with one attached hydrogen (secondary N) is 1. The molecule has 8 nitrogen and oxygen atoms in total. The van der Waals surface area contributed by atoms with Crippen LogP contribution in [0.2, 0.25) is 0 Å². The Morgan fingerprint density at radius 3 is 1.98 bits per heavy atom. The number of benzene rings is 2. The van der Waals surface area contributed by atoms with Gasteiger partial charge in [0, 0.05) is 26.6 Å². The van der Waals surface area contributed by atoms with Crippen molar-refractivity contribution in [2.45, 2.75) is 63.7 Å². The fourth-order valence-electron chi connectivity index (χ4n) is 4.77. The largest absolute Gasteiger partial charge is 0.488 e. The molecule has 0 aliphatic carbocycles. The number of carbonyl (C=O) groups is 1. The quantitative estimate of drug-likeness (QED) is 0.103. The summed E-state index contributed by atoms with van der Waals surface area (Å²) in [6, 6.07) is 4.10. The smallest absolute Gasteiger partial charge is 0.416 e. The maximum Gasteiger partial charge on any atom is 0.416 e. The molecule has 0 aliphatic heterocycles. The summed E-state index contributed by atoms with van der Waals surface area (Å²) in [5.74, 6) is -0.914. The Morgan fingerprint density at radius 1 is 0.776 bits per heavy atom. The van der Waals surface area contributed by atoms with Gasteiger partial charge in [-0.05, 0) is 79.4 Å². The number of carboxylic acid groups (broad SMARTS) is 1. The number of rotatable bonds is 18. The van der Waals surface area contributed by atoms with Crippen LogP contribution in [-0.2, 0) is 47.6 Å². The van der Waals surface area contributed by atoms with Crippen molar-refractivity contribution in [1.82, 2.24) is 15.3 Å². The summed E-state index contributed by atoms with van der Waals surface area (Å²) in [7, 11) is 1.45. The molecule has 2 aromatic carbocycles. The van der Waals surface area contributed by atoms with Crippen molar-refractivity contribution in [1.29, 1.82) is 0 Å². The van der Waals surface area contributed by atoms with Gasteiger partial charge in [-0.25, -0.2) is 9.97 Å². The molecule has 0 spiro atoms. The molecular weight excluding hydrogens is 675 g/mol. The van der Waals surface area contributed by atoms with E-state index in [4.69, 9.17) is 14.6 Å². The first kappa shape index (κ1) is 39.3. The fraction of sp³-hybridized carbons (Fsp3) is 0.469. The molecule has 0 radical (unpaired) electrons. The lowest BCUT2D eigenvalue weighted by Crippen LogP contribution is -2.26. The SMILES string of the molecule is COCCOc1cnc(N(Cc2cc(C(F)(F)F)cc(C(F)(F)F)c2)Cc2cc(C(F)(F)F)ccc2CCNCCCCCC(=O)O)nc1. The molecule has 0 unspecified atom stereocenters. The van der Waals surface area contributed by atoms with Crippen LogP contribution in [0.25, 0.3) is 0 Å². The number of alkyl halides is 9. The van der Waals surface area contributed by atoms with Gasteiger partial charge in [-0.3, -0.25) is 4.79 Å². The normalized spacial score (nSPS) is 12.3. The number of halogens is 9. The summed E-state index contributed by atoms with van der Waals surface area (Å²) in [5, 5.41) is 11.9. The summed E-state index contributed by atoms with van der Waals surface area (Å²) >= 11 is 0. The number of carboxylic acids is 1. The second-order valence-corrected chi connectivity index (χ2v) is 11.0. The standard InChI is InChI=1S/C32H35F9N4O4/c1-48-11-12-49-27-17-43-29(44-18-27)45(19-21-13-25(31(36,37)38)16-26(14-21)32(39,40)41)20-23-15-24(30(33,34)35)7-6-22(23)8-10-42-9-4-2-3-5-28(46)47/h6-7,13-18,42H,2-5,8-12,19-20H2,1H3,(H,46,47). The summed E-state index contributed by atoms with van der Waals surface area (Å²) in [6.45, 7) is 0.159. The predicted octanol–water partition coefficient (Wildman–Crippen LogP) is 7.54. The molecule has 1 heterocycles. The van der Waals surface area contributed by atoms with Gasteiger partial charge in [0.05, 0.1) is 35.7 Å². The van der Waals surface area contributed by atoms with Crippen LogP contribution in [-0.4, -0.2) is 54.5 Å². The molecule has 2 N–H and O–H groups in total. The molecule has 0 saturated heterocycles. The van der Waals surface area contributed by atoms with Crippen LogP contribution in [0.5, 0.6) is 5.75 Å². The van der Waals surface area contributed by atoms with Crippen LogP contribution < -0.4 is 15.0 Å². The van der Waals surface area contributed by atoms with Gasteiger partial charge in [0.15, 0.2) is 5.75 Å². The molecular formula is C32H35F9N4O4. The van der Waals surface area contributed by atoms with Gasteiger partial charge in [-0.15, -0.1) is 0 Å². The minimum Gasteiger partial charge on any atom is -0.488 e. The molecule has 0 atom stereocenters. The van der Waals surface area contributed by atoms with Crippen LogP contribution in [0.4, 0.5) is 45.5 Å². The van der Waals surface area contributed by atoms with Crippen LogP contribution in [0.1, 0.15) is 59.1 Å². The lowest BCUT2D eigenvalue weighted by atomic mass is 9.99. The van der Waals surface area contributed by atoms with Gasteiger partial charge >= 0.3 is 24.5 Å². The topological polar surface area (TPSA) is 96.8 Å². The number of nitrogens with zero attached hydrogens (tertiary/aromatic N) is 3. The Balaban J connectivity index is 1.96. The molecule has 49 heavy (non-hydrogen) atoms. The minimum absolute atomic E-state index is 0.0133. The van der Waals surface area contributed by atoms with Crippen molar-refractivity contribution < 1.29 is 58.9 Å². The van der Waals surface area contributed by atoms with E-state index in [-0.39, 0.29) is 49.4 Å². The van der Waals surface area contributed by atoms with Gasteiger partial charge in [-0.2, -0.15) is 39.5 Å². The maximum atomic E-state index is 13.8. The predicted molar refractivity (Wildman–Crippen MR) is 160 cm³/mol. The lowest BCUT2D eigenvalue weighted by Gasteiger charge is -2.26. The lowest BCUT2D eigenvalue weighted by molar-refractivity contribution is -0.143. The molecule has 0 fully saturated rings. The zero-order valence-corrected chi connectivity index (χ0v) is 26.3. The Labute approximate surface area is 276 Å². The minimum atomic E-state index is -5.12. The third-order valence-electron chi connectivity index (χ3n) is 7.18. The summed E-state index contributed by atoms with van der Waals surface area (Å²) in [6.07, 6.45) is -10.5. The van der Waals surface area contributed by atoms with Crippen LogP contribution in [0, 0.1) is 0 Å². The molecule has 270 valence electrons. The highest BCUT2D eigenvalue weighted by molar-refractivity contribution is 5.66. The molecule has 3 aromatic rings. The van der Waals surface area contributed by atoms with Crippen molar-refractivity contribution >= 4 is 11.9 Å². The van der Waals surface area contributed by atoms with Crippen molar-refractivity contribution in [3.05, 3.63) is 82.2 Å². The second kappa shape index (κ2) is 17.5. The molecule has 0 aliphatic rings. The van der Waals surface area contributed by atoms with E-state index < -0.39 is 59.8 Å². The molecule has 3 rings (SSSR count). The van der Waals surface area contributed by atoms with E-state index in [0.717, 1.165) is 12.1 Å². The van der Waals surface area contributed by atoms with Gasteiger partial charge in [0.25, 0.3) is 0 Å². The van der Waals surface area contributed by atoms with Crippen molar-refractivity contribution in [3.8, 4) is 5.75 Å². The number of aliphatic carboxylic acids is 1. The summed E-state index contributed by atoms with van der Waals surface area (Å²) < 4.78 is 133. The van der Waals surface area contributed by atoms with E-state index in [1.165, 1.54) is 30.5 Å². The Hall–Kier alpha value is -4.12. The molecule has 17 heteroatoms. The Kier molecular flexibility index (Phi) is 14.1. The molecule has 0 amide bonds. The Bertz CT molecular complexity index is 1470. The first-order valence-electron chi connectivity index (χ1n) is 15.1. The van der Waals surface area contributed by atoms with Gasteiger partial charge in [0.1, 0.15) is 6.61 Å².